The number of amides is 2. The zero-order valence-electron chi connectivity index (χ0n) is 13.2. The van der Waals surface area contributed by atoms with Gasteiger partial charge in [-0.2, -0.15) is 5.26 Å². The van der Waals surface area contributed by atoms with E-state index in [-0.39, 0.29) is 25.4 Å². The molecular weight excluding hydrogens is 289 g/mol. The quantitative estimate of drug-likeness (QED) is 0.739. The second-order valence-corrected chi connectivity index (χ2v) is 6.88. The molecule has 0 aromatic rings. The van der Waals surface area contributed by atoms with E-state index in [9.17, 15) is 14.0 Å². The summed E-state index contributed by atoms with van der Waals surface area (Å²) < 4.78 is 18.6. The van der Waals surface area contributed by atoms with E-state index in [0.29, 0.717) is 13.0 Å². The third-order valence-electron chi connectivity index (χ3n) is 3.84. The van der Waals surface area contributed by atoms with Gasteiger partial charge in [0.25, 0.3) is 0 Å². The molecule has 3 atom stereocenters. The number of likely N-dealkylation sites (tertiary alicyclic amines) is 2. The molecular formula is C15H22FN3O3. The first-order valence-electron chi connectivity index (χ1n) is 7.53. The van der Waals surface area contributed by atoms with Crippen molar-refractivity contribution >= 4 is 12.0 Å². The van der Waals surface area contributed by atoms with Crippen LogP contribution in [0, 0.1) is 17.2 Å². The number of hydrogen-bond donors (Lipinski definition) is 0. The minimum atomic E-state index is -1.01. The van der Waals surface area contributed by atoms with Crippen molar-refractivity contribution in [3.8, 4) is 6.07 Å². The number of nitriles is 1. The van der Waals surface area contributed by atoms with E-state index in [1.807, 2.05) is 0 Å². The van der Waals surface area contributed by atoms with Gasteiger partial charge in [0.1, 0.15) is 17.8 Å². The molecule has 0 aromatic carbocycles. The van der Waals surface area contributed by atoms with E-state index in [4.69, 9.17) is 10.00 Å². The summed E-state index contributed by atoms with van der Waals surface area (Å²) in [6, 6.07) is 1.37. The second kappa shape index (κ2) is 6.11. The summed E-state index contributed by atoms with van der Waals surface area (Å²) in [6.07, 6.45) is -0.999. The van der Waals surface area contributed by atoms with Gasteiger partial charge in [0.15, 0.2) is 0 Å². The van der Waals surface area contributed by atoms with Crippen LogP contribution in [0.25, 0.3) is 0 Å². The lowest BCUT2D eigenvalue weighted by Gasteiger charge is -2.29. The number of halogens is 1. The Labute approximate surface area is 129 Å². The maximum absolute atomic E-state index is 13.3. The Balaban J connectivity index is 2.11. The summed E-state index contributed by atoms with van der Waals surface area (Å²) in [6.45, 7) is 5.83. The Kier molecular flexibility index (Phi) is 4.59. The van der Waals surface area contributed by atoms with Crippen LogP contribution >= 0.6 is 0 Å². The van der Waals surface area contributed by atoms with E-state index >= 15 is 0 Å². The van der Waals surface area contributed by atoms with Crippen LogP contribution in [-0.2, 0) is 9.53 Å². The normalized spacial score (nSPS) is 28.6. The highest BCUT2D eigenvalue weighted by Crippen LogP contribution is 2.27. The molecule has 2 rings (SSSR count). The Bertz CT molecular complexity index is 497. The summed E-state index contributed by atoms with van der Waals surface area (Å²) in [5, 5.41) is 9.09. The van der Waals surface area contributed by atoms with Gasteiger partial charge in [-0.3, -0.25) is 9.69 Å². The fourth-order valence-corrected chi connectivity index (χ4v) is 2.81. The number of rotatable bonds is 1. The van der Waals surface area contributed by atoms with Gasteiger partial charge < -0.3 is 9.64 Å². The van der Waals surface area contributed by atoms with Gasteiger partial charge in [-0.1, -0.05) is 0 Å². The highest BCUT2D eigenvalue weighted by molar-refractivity contribution is 5.86. The summed E-state index contributed by atoms with van der Waals surface area (Å²) in [4.78, 5) is 27.6. The molecule has 0 aromatic heterocycles. The molecule has 2 aliphatic heterocycles. The van der Waals surface area contributed by atoms with Crippen molar-refractivity contribution in [3.63, 3.8) is 0 Å². The molecule has 0 bridgehead atoms. The number of ether oxygens (including phenoxy) is 1. The summed E-state index contributed by atoms with van der Waals surface area (Å²) in [7, 11) is 0. The molecule has 0 N–H and O–H groups in total. The van der Waals surface area contributed by atoms with Crippen LogP contribution in [0.15, 0.2) is 0 Å². The Hall–Kier alpha value is -1.84. The molecule has 122 valence electrons. The van der Waals surface area contributed by atoms with Crippen LogP contribution in [0.4, 0.5) is 9.18 Å². The fourth-order valence-electron chi connectivity index (χ4n) is 2.81. The monoisotopic (exact) mass is 311 g/mol. The fraction of sp³-hybridized carbons (Fsp3) is 0.800. The topological polar surface area (TPSA) is 73.6 Å². The first-order valence-corrected chi connectivity index (χ1v) is 7.53. The standard InChI is InChI=1S/C15H22FN3O3/c1-15(2,3)22-14(21)19-8-10(7-17)6-12(19)13(20)18-5-4-11(16)9-18/h10-12H,4-6,8-9H2,1-3H3. The van der Waals surface area contributed by atoms with E-state index in [0.717, 1.165) is 0 Å². The van der Waals surface area contributed by atoms with Crippen LogP contribution in [0.1, 0.15) is 33.6 Å². The summed E-state index contributed by atoms with van der Waals surface area (Å²) in [5.74, 6) is -0.686. The molecule has 2 heterocycles. The van der Waals surface area contributed by atoms with Gasteiger partial charge in [0.05, 0.1) is 18.5 Å². The van der Waals surface area contributed by atoms with Gasteiger partial charge in [0.2, 0.25) is 5.91 Å². The van der Waals surface area contributed by atoms with Crippen LogP contribution in [-0.4, -0.2) is 59.2 Å². The van der Waals surface area contributed by atoms with E-state index in [1.54, 1.807) is 20.8 Å². The summed E-state index contributed by atoms with van der Waals surface area (Å²) in [5.41, 5.74) is -0.674. The minimum Gasteiger partial charge on any atom is -0.444 e. The van der Waals surface area contributed by atoms with Crippen LogP contribution < -0.4 is 0 Å². The molecule has 0 saturated carbocycles. The van der Waals surface area contributed by atoms with Crippen molar-refractivity contribution in [3.05, 3.63) is 0 Å². The van der Waals surface area contributed by atoms with E-state index in [2.05, 4.69) is 6.07 Å². The maximum Gasteiger partial charge on any atom is 0.411 e. The zero-order chi connectivity index (χ0) is 16.5. The molecule has 22 heavy (non-hydrogen) atoms. The van der Waals surface area contributed by atoms with Crippen molar-refractivity contribution in [2.24, 2.45) is 5.92 Å². The lowest BCUT2D eigenvalue weighted by molar-refractivity contribution is -0.135. The molecule has 0 aliphatic carbocycles. The predicted molar refractivity (Wildman–Crippen MR) is 76.5 cm³/mol. The molecule has 0 spiro atoms. The van der Waals surface area contributed by atoms with Gasteiger partial charge in [0, 0.05) is 13.1 Å². The molecule has 3 unspecified atom stereocenters. The Morgan fingerprint density at radius 1 is 1.32 bits per heavy atom. The molecule has 0 radical (unpaired) electrons. The van der Waals surface area contributed by atoms with Crippen molar-refractivity contribution in [1.29, 1.82) is 5.26 Å². The molecule has 6 nitrogen and oxygen atoms in total. The molecule has 2 aliphatic rings. The first-order chi connectivity index (χ1) is 10.2. The average Bonchev–Trinajstić information content (AvgIpc) is 3.02. The molecule has 2 saturated heterocycles. The van der Waals surface area contributed by atoms with Crippen LogP contribution in [0.2, 0.25) is 0 Å². The lowest BCUT2D eigenvalue weighted by atomic mass is 10.1. The van der Waals surface area contributed by atoms with Gasteiger partial charge >= 0.3 is 6.09 Å². The number of carbonyl (C=O) groups excluding carboxylic acids is 2. The third kappa shape index (κ3) is 3.67. The largest absolute Gasteiger partial charge is 0.444 e. The average molecular weight is 311 g/mol. The number of hydrogen-bond acceptors (Lipinski definition) is 4. The second-order valence-electron chi connectivity index (χ2n) is 6.88. The number of carbonyl (C=O) groups is 2. The van der Waals surface area contributed by atoms with Gasteiger partial charge in [-0.15, -0.1) is 0 Å². The molecule has 2 amide bonds. The Morgan fingerprint density at radius 2 is 2.00 bits per heavy atom. The smallest absolute Gasteiger partial charge is 0.411 e. The van der Waals surface area contributed by atoms with Crippen molar-refractivity contribution in [1.82, 2.24) is 9.80 Å². The molecule has 7 heteroatoms. The first kappa shape index (κ1) is 16.5. The van der Waals surface area contributed by atoms with Crippen molar-refractivity contribution in [2.75, 3.05) is 19.6 Å². The van der Waals surface area contributed by atoms with Crippen LogP contribution in [0.3, 0.4) is 0 Å². The highest BCUT2D eigenvalue weighted by Gasteiger charge is 2.44. The van der Waals surface area contributed by atoms with Gasteiger partial charge in [-0.25, -0.2) is 9.18 Å². The van der Waals surface area contributed by atoms with Gasteiger partial charge in [-0.05, 0) is 33.6 Å². The Morgan fingerprint density at radius 3 is 2.50 bits per heavy atom. The number of nitrogens with zero attached hydrogens (tertiary/aromatic N) is 3. The zero-order valence-corrected chi connectivity index (χ0v) is 13.2. The van der Waals surface area contributed by atoms with E-state index in [1.165, 1.54) is 9.80 Å². The van der Waals surface area contributed by atoms with Crippen molar-refractivity contribution < 1.29 is 18.7 Å². The maximum atomic E-state index is 13.3. The predicted octanol–water partition coefficient (Wildman–Crippen LogP) is 1.71. The highest BCUT2D eigenvalue weighted by atomic mass is 19.1. The SMILES string of the molecule is CC(C)(C)OC(=O)N1CC(C#N)CC1C(=O)N1CCC(F)C1. The number of alkyl halides is 1. The minimum absolute atomic E-state index is 0.0642. The van der Waals surface area contributed by atoms with Crippen molar-refractivity contribution in [2.45, 2.75) is 51.4 Å². The molecule has 2 fully saturated rings. The van der Waals surface area contributed by atoms with E-state index < -0.39 is 29.8 Å². The summed E-state index contributed by atoms with van der Waals surface area (Å²) >= 11 is 0. The third-order valence-corrected chi connectivity index (χ3v) is 3.84. The van der Waals surface area contributed by atoms with Crippen LogP contribution in [0.5, 0.6) is 0 Å². The lowest BCUT2D eigenvalue weighted by Crippen LogP contribution is -2.48.